The van der Waals surface area contributed by atoms with Gasteiger partial charge in [-0.1, -0.05) is 41.5 Å². The van der Waals surface area contributed by atoms with Crippen LogP contribution >= 0.6 is 0 Å². The molecule has 0 aliphatic carbocycles. The van der Waals surface area contributed by atoms with E-state index in [-0.39, 0.29) is 18.3 Å². The van der Waals surface area contributed by atoms with Crippen molar-refractivity contribution in [3.05, 3.63) is 0 Å². The smallest absolute Gasteiger partial charge is 0.0832 e. The van der Waals surface area contributed by atoms with E-state index in [2.05, 4.69) is 41.5 Å². The van der Waals surface area contributed by atoms with Gasteiger partial charge in [-0.15, -0.1) is 0 Å². The number of hydrogen-bond acceptors (Lipinski definition) is 6. The van der Waals surface area contributed by atoms with Gasteiger partial charge < -0.3 is 28.4 Å². The molecule has 0 radical (unpaired) electrons. The number of ether oxygens (including phenoxy) is 6. The molecule has 0 spiro atoms. The highest BCUT2D eigenvalue weighted by molar-refractivity contribution is 4.65. The second-order valence-corrected chi connectivity index (χ2v) is 8.18. The second kappa shape index (κ2) is 14.7. The van der Waals surface area contributed by atoms with Crippen LogP contribution in [-0.2, 0) is 28.4 Å². The zero-order chi connectivity index (χ0) is 20.1. The first-order valence-corrected chi connectivity index (χ1v) is 10.5. The number of rotatable bonds is 3. The van der Waals surface area contributed by atoms with Gasteiger partial charge in [0.2, 0.25) is 0 Å². The summed E-state index contributed by atoms with van der Waals surface area (Å²) in [5, 5.41) is 0. The van der Waals surface area contributed by atoms with Crippen LogP contribution in [0.3, 0.4) is 0 Å². The van der Waals surface area contributed by atoms with Gasteiger partial charge in [-0.2, -0.15) is 0 Å². The van der Waals surface area contributed by atoms with E-state index in [1.54, 1.807) is 0 Å². The molecule has 1 rings (SSSR count). The van der Waals surface area contributed by atoms with Crippen molar-refractivity contribution in [2.75, 3.05) is 59.5 Å². The van der Waals surface area contributed by atoms with Crippen LogP contribution in [0.15, 0.2) is 0 Å². The third-order valence-electron chi connectivity index (χ3n) is 4.76. The largest absolute Gasteiger partial charge is 0.376 e. The van der Waals surface area contributed by atoms with E-state index >= 15 is 0 Å². The first kappa shape index (κ1) is 24.8. The predicted octanol–water partition coefficient (Wildman–Crippen LogP) is 3.17. The van der Waals surface area contributed by atoms with E-state index in [0.29, 0.717) is 77.2 Å². The van der Waals surface area contributed by atoms with Crippen molar-refractivity contribution in [3.63, 3.8) is 0 Å². The zero-order valence-corrected chi connectivity index (χ0v) is 18.3. The van der Waals surface area contributed by atoms with Gasteiger partial charge in [-0.05, 0) is 17.8 Å². The maximum absolute atomic E-state index is 5.95. The molecule has 3 unspecified atom stereocenters. The predicted molar refractivity (Wildman–Crippen MR) is 106 cm³/mol. The van der Waals surface area contributed by atoms with Crippen molar-refractivity contribution < 1.29 is 28.4 Å². The van der Waals surface area contributed by atoms with Crippen molar-refractivity contribution >= 4 is 0 Å². The van der Waals surface area contributed by atoms with E-state index < -0.39 is 0 Å². The topological polar surface area (TPSA) is 55.4 Å². The van der Waals surface area contributed by atoms with E-state index in [1.165, 1.54) is 0 Å². The maximum atomic E-state index is 5.95. The van der Waals surface area contributed by atoms with Crippen LogP contribution in [0.25, 0.3) is 0 Å². The molecular weight excluding hydrogens is 348 g/mol. The highest BCUT2D eigenvalue weighted by Crippen LogP contribution is 2.11. The van der Waals surface area contributed by atoms with Crippen LogP contribution in [0.5, 0.6) is 0 Å². The highest BCUT2D eigenvalue weighted by Gasteiger charge is 2.18. The van der Waals surface area contributed by atoms with Crippen LogP contribution < -0.4 is 0 Å². The molecule has 0 aromatic heterocycles. The SMILES string of the molecule is CC(C)C1COCCOC(C(C)C)COCCOC(C(C)C)COCCO1. The monoisotopic (exact) mass is 390 g/mol. The molecule has 0 amide bonds. The third kappa shape index (κ3) is 11.4. The molecule has 0 N–H and O–H groups in total. The molecule has 1 fully saturated rings. The fraction of sp³-hybridized carbons (Fsp3) is 1.00. The Hall–Kier alpha value is -0.240. The molecule has 1 aliphatic heterocycles. The number of hydrogen-bond donors (Lipinski definition) is 0. The summed E-state index contributed by atoms with van der Waals surface area (Å²) < 4.78 is 35.2. The van der Waals surface area contributed by atoms with Gasteiger partial charge in [-0.25, -0.2) is 0 Å². The minimum Gasteiger partial charge on any atom is -0.376 e. The lowest BCUT2D eigenvalue weighted by molar-refractivity contribution is -0.105. The molecule has 3 atom stereocenters. The lowest BCUT2D eigenvalue weighted by Gasteiger charge is -2.25. The molecule has 1 saturated heterocycles. The Morgan fingerprint density at radius 2 is 0.704 bits per heavy atom. The summed E-state index contributed by atoms with van der Waals surface area (Å²) in [4.78, 5) is 0. The van der Waals surface area contributed by atoms with Crippen LogP contribution in [0.1, 0.15) is 41.5 Å². The van der Waals surface area contributed by atoms with Gasteiger partial charge in [0.25, 0.3) is 0 Å². The average Bonchev–Trinajstić information content (AvgIpc) is 2.60. The van der Waals surface area contributed by atoms with Gasteiger partial charge in [0.1, 0.15) is 0 Å². The van der Waals surface area contributed by atoms with Crippen molar-refractivity contribution in [3.8, 4) is 0 Å². The minimum absolute atomic E-state index is 0.0638. The Labute approximate surface area is 166 Å². The molecule has 6 heteroatoms. The minimum atomic E-state index is 0.0638. The molecule has 0 saturated carbocycles. The normalized spacial score (nSPS) is 29.0. The molecule has 27 heavy (non-hydrogen) atoms. The standard InChI is InChI=1S/C21H42O6/c1-16(2)19-13-22-8-11-26-21(18(5)6)15-24-9-12-27-20(17(3)4)14-23-7-10-25-19/h16-21H,7-15H2,1-6H3. The summed E-state index contributed by atoms with van der Waals surface area (Å²) in [5.41, 5.74) is 0. The summed E-state index contributed by atoms with van der Waals surface area (Å²) in [6.07, 6.45) is 0.191. The molecule has 1 heterocycles. The quantitative estimate of drug-likeness (QED) is 0.738. The molecule has 0 bridgehead atoms. The van der Waals surface area contributed by atoms with Crippen molar-refractivity contribution in [1.29, 1.82) is 0 Å². The molecule has 0 aromatic rings. The molecule has 1 aliphatic rings. The summed E-state index contributed by atoms with van der Waals surface area (Å²) in [5.74, 6) is 1.17. The van der Waals surface area contributed by atoms with Crippen molar-refractivity contribution in [2.24, 2.45) is 17.8 Å². The first-order valence-electron chi connectivity index (χ1n) is 10.5. The van der Waals surface area contributed by atoms with Gasteiger partial charge in [0.15, 0.2) is 0 Å². The second-order valence-electron chi connectivity index (χ2n) is 8.18. The molecule has 6 nitrogen and oxygen atoms in total. The van der Waals surface area contributed by atoms with E-state index in [4.69, 9.17) is 28.4 Å². The maximum Gasteiger partial charge on any atom is 0.0832 e. The third-order valence-corrected chi connectivity index (χ3v) is 4.76. The van der Waals surface area contributed by atoms with Crippen LogP contribution in [0.2, 0.25) is 0 Å². The average molecular weight is 391 g/mol. The summed E-state index contributed by atoms with van der Waals surface area (Å²) in [6, 6.07) is 0. The highest BCUT2D eigenvalue weighted by atomic mass is 16.6. The fourth-order valence-electron chi connectivity index (χ4n) is 2.67. The summed E-state index contributed by atoms with van der Waals surface area (Å²) in [7, 11) is 0. The van der Waals surface area contributed by atoms with Gasteiger partial charge in [-0.3, -0.25) is 0 Å². The van der Waals surface area contributed by atoms with Gasteiger partial charge in [0.05, 0.1) is 77.8 Å². The van der Waals surface area contributed by atoms with Crippen LogP contribution in [0.4, 0.5) is 0 Å². The fourth-order valence-corrected chi connectivity index (χ4v) is 2.67. The molecular formula is C21H42O6. The van der Waals surface area contributed by atoms with E-state index in [1.807, 2.05) is 0 Å². The lowest BCUT2D eigenvalue weighted by Crippen LogP contribution is -2.32. The summed E-state index contributed by atoms with van der Waals surface area (Å²) in [6.45, 7) is 18.0. The van der Waals surface area contributed by atoms with Gasteiger partial charge in [0, 0.05) is 0 Å². The van der Waals surface area contributed by atoms with Crippen LogP contribution in [-0.4, -0.2) is 77.8 Å². The van der Waals surface area contributed by atoms with Crippen LogP contribution in [0, 0.1) is 17.8 Å². The Morgan fingerprint density at radius 3 is 0.926 bits per heavy atom. The Balaban J connectivity index is 2.56. The van der Waals surface area contributed by atoms with E-state index in [9.17, 15) is 0 Å². The molecule has 0 aromatic carbocycles. The van der Waals surface area contributed by atoms with Gasteiger partial charge >= 0.3 is 0 Å². The molecule has 162 valence electrons. The van der Waals surface area contributed by atoms with E-state index in [0.717, 1.165) is 0 Å². The Morgan fingerprint density at radius 1 is 0.444 bits per heavy atom. The Kier molecular flexibility index (Phi) is 13.5. The van der Waals surface area contributed by atoms with Crippen molar-refractivity contribution in [1.82, 2.24) is 0 Å². The first-order chi connectivity index (χ1) is 12.9. The summed E-state index contributed by atoms with van der Waals surface area (Å²) >= 11 is 0. The lowest BCUT2D eigenvalue weighted by atomic mass is 10.1. The zero-order valence-electron chi connectivity index (χ0n) is 18.3. The van der Waals surface area contributed by atoms with Crippen molar-refractivity contribution in [2.45, 2.75) is 59.9 Å². The Bertz CT molecular complexity index is 277.